The number of aliphatic carboxylic acids is 1. The van der Waals surface area contributed by atoms with E-state index in [4.69, 9.17) is 0 Å². The van der Waals surface area contributed by atoms with Gasteiger partial charge in [-0.2, -0.15) is 0 Å². The van der Waals surface area contributed by atoms with E-state index in [1.54, 1.807) is 0 Å². The van der Waals surface area contributed by atoms with Crippen molar-refractivity contribution < 1.29 is 9.90 Å². The highest BCUT2D eigenvalue weighted by molar-refractivity contribution is 5.73. The van der Waals surface area contributed by atoms with Gasteiger partial charge in [0.15, 0.2) is 0 Å². The number of nitrogens with one attached hydrogen (secondary N) is 1. The van der Waals surface area contributed by atoms with E-state index in [1.807, 2.05) is 13.8 Å². The number of hydrogen-bond donors (Lipinski definition) is 2. The first-order valence-corrected chi connectivity index (χ1v) is 7.31. The molecule has 2 fully saturated rings. The fourth-order valence-corrected chi connectivity index (χ4v) is 3.57. The molecule has 1 aliphatic heterocycles. The minimum Gasteiger partial charge on any atom is -0.480 e. The zero-order valence-corrected chi connectivity index (χ0v) is 11.6. The zero-order valence-electron chi connectivity index (χ0n) is 11.6. The van der Waals surface area contributed by atoms with Gasteiger partial charge in [0, 0.05) is 18.6 Å². The van der Waals surface area contributed by atoms with Crippen LogP contribution in [-0.4, -0.2) is 47.2 Å². The van der Waals surface area contributed by atoms with Crippen LogP contribution >= 0.6 is 0 Å². The lowest BCUT2D eigenvalue weighted by molar-refractivity contribution is -0.140. The average Bonchev–Trinajstić information content (AvgIpc) is 2.71. The highest BCUT2D eigenvalue weighted by atomic mass is 16.4. The molecule has 3 unspecified atom stereocenters. The number of rotatable bonds is 5. The van der Waals surface area contributed by atoms with Crippen LogP contribution in [-0.2, 0) is 4.79 Å². The van der Waals surface area contributed by atoms with Crippen LogP contribution in [0, 0.1) is 5.92 Å². The maximum Gasteiger partial charge on any atom is 0.322 e. The molecule has 1 heterocycles. The standard InChI is InChI=1S/C14H26N2O2/c1-10(2)15-12(14(17)18)9-16-8-7-11-5-3-4-6-13(11)16/h10-13,15H,3-9H2,1-2H3,(H,17,18). The molecule has 1 saturated heterocycles. The van der Waals surface area contributed by atoms with Gasteiger partial charge >= 0.3 is 5.97 Å². The highest BCUT2D eigenvalue weighted by Crippen LogP contribution is 2.35. The maximum absolute atomic E-state index is 11.3. The van der Waals surface area contributed by atoms with Gasteiger partial charge in [-0.25, -0.2) is 0 Å². The number of carbonyl (C=O) groups is 1. The molecule has 104 valence electrons. The normalized spacial score (nSPS) is 30.4. The van der Waals surface area contributed by atoms with E-state index in [0.29, 0.717) is 12.6 Å². The lowest BCUT2D eigenvalue weighted by Gasteiger charge is -2.33. The summed E-state index contributed by atoms with van der Waals surface area (Å²) in [4.78, 5) is 13.7. The lowest BCUT2D eigenvalue weighted by Crippen LogP contribution is -2.50. The molecule has 0 bridgehead atoms. The van der Waals surface area contributed by atoms with Gasteiger partial charge in [0.2, 0.25) is 0 Å². The molecule has 0 radical (unpaired) electrons. The number of carboxylic acid groups (broad SMARTS) is 1. The Kier molecular flexibility index (Phi) is 4.62. The number of carboxylic acids is 1. The summed E-state index contributed by atoms with van der Waals surface area (Å²) in [5, 5.41) is 12.4. The Balaban J connectivity index is 1.92. The number of hydrogen-bond acceptors (Lipinski definition) is 3. The van der Waals surface area contributed by atoms with Gasteiger partial charge in [0.25, 0.3) is 0 Å². The Bertz CT molecular complexity index is 294. The van der Waals surface area contributed by atoms with Crippen molar-refractivity contribution in [2.75, 3.05) is 13.1 Å². The molecule has 18 heavy (non-hydrogen) atoms. The van der Waals surface area contributed by atoms with Crippen molar-refractivity contribution >= 4 is 5.97 Å². The highest BCUT2D eigenvalue weighted by Gasteiger charge is 2.37. The molecule has 4 nitrogen and oxygen atoms in total. The Hall–Kier alpha value is -0.610. The van der Waals surface area contributed by atoms with Crippen molar-refractivity contribution in [1.82, 2.24) is 10.2 Å². The molecule has 2 rings (SSSR count). The molecular formula is C14H26N2O2. The van der Waals surface area contributed by atoms with Gasteiger partial charge in [0.05, 0.1) is 0 Å². The van der Waals surface area contributed by atoms with Crippen LogP contribution in [0.1, 0.15) is 46.0 Å². The molecule has 2 aliphatic rings. The van der Waals surface area contributed by atoms with Gasteiger partial charge in [0.1, 0.15) is 6.04 Å². The van der Waals surface area contributed by atoms with Gasteiger partial charge in [-0.05, 0) is 31.7 Å². The summed E-state index contributed by atoms with van der Waals surface area (Å²) in [6.07, 6.45) is 6.54. The van der Waals surface area contributed by atoms with Gasteiger partial charge in [-0.15, -0.1) is 0 Å². The zero-order chi connectivity index (χ0) is 13.1. The topological polar surface area (TPSA) is 52.6 Å². The monoisotopic (exact) mass is 254 g/mol. The molecule has 1 aliphatic carbocycles. The predicted octanol–water partition coefficient (Wildman–Crippen LogP) is 1.70. The molecular weight excluding hydrogens is 228 g/mol. The smallest absolute Gasteiger partial charge is 0.322 e. The Morgan fingerprint density at radius 3 is 2.72 bits per heavy atom. The van der Waals surface area contributed by atoms with Gasteiger partial charge < -0.3 is 10.4 Å². The van der Waals surface area contributed by atoms with Crippen LogP contribution in [0.3, 0.4) is 0 Å². The molecule has 4 heteroatoms. The molecule has 0 spiro atoms. The molecule has 0 aromatic carbocycles. The van der Waals surface area contributed by atoms with E-state index in [-0.39, 0.29) is 6.04 Å². The maximum atomic E-state index is 11.3. The Morgan fingerprint density at radius 2 is 2.06 bits per heavy atom. The summed E-state index contributed by atoms with van der Waals surface area (Å²) < 4.78 is 0. The number of likely N-dealkylation sites (tertiary alicyclic amines) is 1. The van der Waals surface area contributed by atoms with Crippen molar-refractivity contribution in [3.63, 3.8) is 0 Å². The second kappa shape index (κ2) is 6.02. The summed E-state index contributed by atoms with van der Waals surface area (Å²) in [5.74, 6) is 0.107. The largest absolute Gasteiger partial charge is 0.480 e. The van der Waals surface area contributed by atoms with Crippen LogP contribution in [0.2, 0.25) is 0 Å². The van der Waals surface area contributed by atoms with Crippen LogP contribution in [0.15, 0.2) is 0 Å². The minimum absolute atomic E-state index is 0.218. The van der Waals surface area contributed by atoms with Gasteiger partial charge in [-0.3, -0.25) is 9.69 Å². The van der Waals surface area contributed by atoms with E-state index in [9.17, 15) is 9.90 Å². The first-order valence-electron chi connectivity index (χ1n) is 7.31. The molecule has 0 aromatic rings. The van der Waals surface area contributed by atoms with Crippen molar-refractivity contribution in [3.05, 3.63) is 0 Å². The second-order valence-corrected chi connectivity index (χ2v) is 6.11. The fourth-order valence-electron chi connectivity index (χ4n) is 3.57. The van der Waals surface area contributed by atoms with Crippen LogP contribution in [0.4, 0.5) is 0 Å². The fraction of sp³-hybridized carbons (Fsp3) is 0.929. The van der Waals surface area contributed by atoms with E-state index < -0.39 is 12.0 Å². The van der Waals surface area contributed by atoms with Crippen molar-refractivity contribution in [3.8, 4) is 0 Å². The predicted molar refractivity (Wildman–Crippen MR) is 71.6 cm³/mol. The second-order valence-electron chi connectivity index (χ2n) is 6.11. The van der Waals surface area contributed by atoms with E-state index in [0.717, 1.165) is 12.5 Å². The van der Waals surface area contributed by atoms with Crippen molar-refractivity contribution in [1.29, 1.82) is 0 Å². The molecule has 0 amide bonds. The first kappa shape index (κ1) is 13.8. The Labute approximate surface area is 110 Å². The lowest BCUT2D eigenvalue weighted by atomic mass is 9.85. The third kappa shape index (κ3) is 3.23. The summed E-state index contributed by atoms with van der Waals surface area (Å²) in [5.41, 5.74) is 0. The number of nitrogens with zero attached hydrogens (tertiary/aromatic N) is 1. The minimum atomic E-state index is -0.719. The third-order valence-electron chi connectivity index (χ3n) is 4.37. The summed E-state index contributed by atoms with van der Waals surface area (Å²) in [6, 6.07) is 0.441. The van der Waals surface area contributed by atoms with Crippen molar-refractivity contribution in [2.45, 2.75) is 64.1 Å². The third-order valence-corrected chi connectivity index (χ3v) is 4.37. The van der Waals surface area contributed by atoms with Crippen LogP contribution < -0.4 is 5.32 Å². The molecule has 3 atom stereocenters. The Morgan fingerprint density at radius 1 is 1.33 bits per heavy atom. The van der Waals surface area contributed by atoms with E-state index in [2.05, 4.69) is 10.2 Å². The van der Waals surface area contributed by atoms with Crippen molar-refractivity contribution in [2.24, 2.45) is 5.92 Å². The van der Waals surface area contributed by atoms with Crippen LogP contribution in [0.5, 0.6) is 0 Å². The van der Waals surface area contributed by atoms with E-state index in [1.165, 1.54) is 32.1 Å². The quantitative estimate of drug-likeness (QED) is 0.784. The summed E-state index contributed by atoms with van der Waals surface area (Å²) >= 11 is 0. The first-order chi connectivity index (χ1) is 8.58. The SMILES string of the molecule is CC(C)NC(CN1CCC2CCCCC21)C(=O)O. The summed E-state index contributed by atoms with van der Waals surface area (Å²) in [6.45, 7) is 5.75. The summed E-state index contributed by atoms with van der Waals surface area (Å²) in [7, 11) is 0. The van der Waals surface area contributed by atoms with Crippen LogP contribution in [0.25, 0.3) is 0 Å². The number of fused-ring (bicyclic) bond motifs is 1. The molecule has 2 N–H and O–H groups in total. The van der Waals surface area contributed by atoms with E-state index >= 15 is 0 Å². The van der Waals surface area contributed by atoms with Gasteiger partial charge in [-0.1, -0.05) is 26.7 Å². The molecule has 1 saturated carbocycles. The average molecular weight is 254 g/mol. The molecule has 0 aromatic heterocycles.